The molecule has 0 unspecified atom stereocenters. The van der Waals surface area contributed by atoms with Crippen LogP contribution in [0, 0.1) is 5.92 Å². The average Bonchev–Trinajstić information content (AvgIpc) is 3.55. The van der Waals surface area contributed by atoms with Crippen LogP contribution in [0.4, 0.5) is 35.4 Å². The number of benzene rings is 2. The van der Waals surface area contributed by atoms with Gasteiger partial charge in [-0.3, -0.25) is 19.7 Å². The highest BCUT2D eigenvalue weighted by Gasteiger charge is 2.34. The molecule has 0 atom stereocenters. The van der Waals surface area contributed by atoms with Gasteiger partial charge >= 0.3 is 12.2 Å². The van der Waals surface area contributed by atoms with E-state index in [0.29, 0.717) is 35.5 Å². The Hall–Kier alpha value is -4.52. The summed E-state index contributed by atoms with van der Waals surface area (Å²) in [6, 6.07) is 10.6. The largest absolute Gasteiger partial charge is 0.419 e. The van der Waals surface area contributed by atoms with Crippen molar-refractivity contribution in [1.82, 2.24) is 34.3 Å². The zero-order valence-corrected chi connectivity index (χ0v) is 33.7. The molecule has 4 aliphatic heterocycles. The van der Waals surface area contributed by atoms with E-state index in [9.17, 15) is 31.2 Å². The minimum atomic E-state index is -4.52. The zero-order chi connectivity index (χ0) is 40.8. The summed E-state index contributed by atoms with van der Waals surface area (Å²) in [4.78, 5) is 38.3. The van der Waals surface area contributed by atoms with Gasteiger partial charge in [0.2, 0.25) is 21.9 Å². The number of aryl methyl sites for hydroxylation is 1. The molecule has 0 radical (unpaired) electrons. The standard InChI is InChI=1S/C39H46ClF3N10O4S/c1-49-35-32(36(48-49)53-20-13-33(54)47-38(53)55)6-5-31(34(35)40)26-9-14-50(15-10-26)24-25-7-16-51(17-8-25)29-3-2-4-30(21-29)58(56,57)52-18-11-28(12-19-52)46-37-44-22-27(23-45-37)39(41,42)43/h2-6,21-23,25-26,28H,7-20,24H2,1H3,(H,44,45,46)(H,47,54,55). The highest BCUT2D eigenvalue weighted by molar-refractivity contribution is 7.89. The molecule has 14 nitrogen and oxygen atoms in total. The summed E-state index contributed by atoms with van der Waals surface area (Å²) in [5.74, 6) is 1.13. The molecule has 58 heavy (non-hydrogen) atoms. The summed E-state index contributed by atoms with van der Waals surface area (Å²) in [7, 11) is -1.92. The summed E-state index contributed by atoms with van der Waals surface area (Å²) < 4.78 is 69.1. The second-order valence-corrected chi connectivity index (χ2v) is 18.0. The van der Waals surface area contributed by atoms with Gasteiger partial charge in [-0.1, -0.05) is 23.7 Å². The van der Waals surface area contributed by atoms with Crippen molar-refractivity contribution < 1.29 is 31.2 Å². The molecule has 0 saturated carbocycles. The highest BCUT2D eigenvalue weighted by atomic mass is 35.5. The Kier molecular flexibility index (Phi) is 11.3. The number of alkyl halides is 3. The van der Waals surface area contributed by atoms with E-state index in [2.05, 4.69) is 41.6 Å². The van der Waals surface area contributed by atoms with E-state index in [1.54, 1.807) is 22.9 Å². The van der Waals surface area contributed by atoms with Crippen molar-refractivity contribution in [3.05, 3.63) is 64.9 Å². The van der Waals surface area contributed by atoms with Gasteiger partial charge in [-0.05, 0) is 93.3 Å². The highest BCUT2D eigenvalue weighted by Crippen LogP contribution is 2.40. The maximum atomic E-state index is 13.7. The van der Waals surface area contributed by atoms with Crippen LogP contribution < -0.4 is 20.4 Å². The Balaban J connectivity index is 0.810. The fraction of sp³-hybridized carbons (Fsp3) is 0.513. The molecule has 4 aliphatic rings. The number of urea groups is 1. The number of piperidine rings is 3. The van der Waals surface area contributed by atoms with Crippen LogP contribution in [0.15, 0.2) is 53.7 Å². The van der Waals surface area contributed by atoms with Crippen molar-refractivity contribution in [2.75, 3.05) is 67.5 Å². The topological polar surface area (TPSA) is 149 Å². The van der Waals surface area contributed by atoms with Crippen LogP contribution in [0.5, 0.6) is 0 Å². The van der Waals surface area contributed by atoms with E-state index in [0.717, 1.165) is 93.0 Å². The molecule has 2 aromatic heterocycles. The Bertz CT molecular complexity index is 2270. The van der Waals surface area contributed by atoms with E-state index < -0.39 is 27.8 Å². The maximum Gasteiger partial charge on any atom is 0.419 e. The van der Waals surface area contributed by atoms with Crippen molar-refractivity contribution in [2.24, 2.45) is 13.0 Å². The lowest BCUT2D eigenvalue weighted by Crippen LogP contribution is -2.49. The minimum absolute atomic E-state index is 0.0836. The van der Waals surface area contributed by atoms with Crippen LogP contribution in [-0.2, 0) is 28.0 Å². The van der Waals surface area contributed by atoms with E-state index in [-0.39, 0.29) is 48.8 Å². The first kappa shape index (κ1) is 40.3. The van der Waals surface area contributed by atoms with E-state index in [1.807, 2.05) is 19.2 Å². The van der Waals surface area contributed by atoms with Crippen LogP contribution in [0.3, 0.4) is 0 Å². The summed E-state index contributed by atoms with van der Waals surface area (Å²) >= 11 is 7.05. The normalized spacial score (nSPS) is 20.2. The summed E-state index contributed by atoms with van der Waals surface area (Å²) in [6.07, 6.45) is 2.09. The average molecular weight is 843 g/mol. The molecule has 4 aromatic rings. The first-order chi connectivity index (χ1) is 27.7. The first-order valence-corrected chi connectivity index (χ1v) is 21.6. The maximum absolute atomic E-state index is 13.7. The number of nitrogens with one attached hydrogen (secondary N) is 2. The van der Waals surface area contributed by atoms with Gasteiger partial charge in [0.15, 0.2) is 5.82 Å². The monoisotopic (exact) mass is 842 g/mol. The second kappa shape index (κ2) is 16.3. The lowest BCUT2D eigenvalue weighted by atomic mass is 9.87. The molecule has 2 aromatic carbocycles. The number of halogens is 4. The SMILES string of the molecule is Cn1nc(N2CCC(=O)NC2=O)c2ccc(C3CCN(CC4CCN(c5cccc(S(=O)(=O)N6CCC(Nc7ncc(C(F)(F)F)cn7)CC6)c5)CC4)CC3)c(Cl)c21. The summed E-state index contributed by atoms with van der Waals surface area (Å²) in [5, 5.41) is 11.4. The van der Waals surface area contributed by atoms with Gasteiger partial charge in [0.25, 0.3) is 0 Å². The molecule has 3 amide bonds. The fourth-order valence-corrected chi connectivity index (χ4v) is 10.7. The van der Waals surface area contributed by atoms with Gasteiger partial charge in [-0.15, -0.1) is 0 Å². The molecule has 0 spiro atoms. The molecule has 310 valence electrons. The number of rotatable bonds is 9. The number of nitrogens with zero attached hydrogens (tertiary/aromatic N) is 8. The van der Waals surface area contributed by atoms with Gasteiger partial charge < -0.3 is 15.1 Å². The third-order valence-electron chi connectivity index (χ3n) is 12.0. The first-order valence-electron chi connectivity index (χ1n) is 19.7. The van der Waals surface area contributed by atoms with Gasteiger partial charge in [-0.2, -0.15) is 22.6 Å². The lowest BCUT2D eigenvalue weighted by molar-refractivity contribution is -0.138. The molecular formula is C39H46ClF3N10O4S. The number of anilines is 3. The fourth-order valence-electron chi connectivity index (χ4n) is 8.73. The molecular weight excluding hydrogens is 797 g/mol. The Morgan fingerprint density at radius 1 is 0.914 bits per heavy atom. The van der Waals surface area contributed by atoms with Crippen molar-refractivity contribution in [3.8, 4) is 0 Å². The van der Waals surface area contributed by atoms with Crippen molar-refractivity contribution in [3.63, 3.8) is 0 Å². The van der Waals surface area contributed by atoms with E-state index in [1.165, 1.54) is 9.21 Å². The number of carbonyl (C=O) groups is 2. The lowest BCUT2D eigenvalue weighted by Gasteiger charge is -2.38. The van der Waals surface area contributed by atoms with Gasteiger partial charge in [-0.25, -0.2) is 23.2 Å². The van der Waals surface area contributed by atoms with Crippen molar-refractivity contribution in [1.29, 1.82) is 0 Å². The quantitative estimate of drug-likeness (QED) is 0.211. The van der Waals surface area contributed by atoms with Gasteiger partial charge in [0.1, 0.15) is 0 Å². The van der Waals surface area contributed by atoms with Crippen LogP contribution in [0.25, 0.3) is 10.9 Å². The Morgan fingerprint density at radius 2 is 1.62 bits per heavy atom. The number of fused-ring (bicyclic) bond motifs is 1. The van der Waals surface area contributed by atoms with Crippen LogP contribution in [-0.4, -0.2) is 108 Å². The minimum Gasteiger partial charge on any atom is -0.371 e. The predicted octanol–water partition coefficient (Wildman–Crippen LogP) is 5.84. The molecule has 0 bridgehead atoms. The Morgan fingerprint density at radius 3 is 2.29 bits per heavy atom. The Labute approximate surface area is 339 Å². The van der Waals surface area contributed by atoms with Gasteiger partial charge in [0.05, 0.1) is 21.0 Å². The van der Waals surface area contributed by atoms with Crippen molar-refractivity contribution in [2.45, 2.75) is 68.0 Å². The predicted molar refractivity (Wildman–Crippen MR) is 213 cm³/mol. The third kappa shape index (κ3) is 8.33. The zero-order valence-electron chi connectivity index (χ0n) is 32.1. The van der Waals surface area contributed by atoms with Crippen molar-refractivity contribution >= 4 is 61.9 Å². The van der Waals surface area contributed by atoms with Crippen LogP contribution in [0.2, 0.25) is 5.02 Å². The molecule has 19 heteroatoms. The number of hydrogen-bond acceptors (Lipinski definition) is 10. The summed E-state index contributed by atoms with van der Waals surface area (Å²) in [6.45, 7) is 5.43. The molecule has 6 heterocycles. The number of aromatic nitrogens is 4. The molecule has 4 fully saturated rings. The third-order valence-corrected chi connectivity index (χ3v) is 14.3. The molecule has 8 rings (SSSR count). The van der Waals surface area contributed by atoms with Crippen LogP contribution >= 0.6 is 11.6 Å². The van der Waals surface area contributed by atoms with Crippen LogP contribution in [0.1, 0.15) is 62.0 Å². The molecule has 4 saturated heterocycles. The second-order valence-electron chi connectivity index (χ2n) is 15.7. The number of sulfonamides is 1. The molecule has 2 N–H and O–H groups in total. The smallest absolute Gasteiger partial charge is 0.371 e. The van der Waals surface area contributed by atoms with E-state index >= 15 is 0 Å². The molecule has 0 aliphatic carbocycles. The number of hydrogen-bond donors (Lipinski definition) is 2. The number of imide groups is 1. The summed E-state index contributed by atoms with van der Waals surface area (Å²) in [5.41, 5.74) is 1.83. The van der Waals surface area contributed by atoms with Gasteiger partial charge in [0, 0.05) is 82.2 Å². The number of amides is 3. The van der Waals surface area contributed by atoms with E-state index in [4.69, 9.17) is 11.6 Å². The number of carbonyl (C=O) groups excluding carboxylic acids is 2. The number of likely N-dealkylation sites (tertiary alicyclic amines) is 1.